The smallest absolute Gasteiger partial charge is 0.312 e. The van der Waals surface area contributed by atoms with Crippen molar-refractivity contribution in [2.45, 2.75) is 38.3 Å². The van der Waals surface area contributed by atoms with Crippen LogP contribution in [0.25, 0.3) is 0 Å². The lowest BCUT2D eigenvalue weighted by Gasteiger charge is -2.19. The molecule has 3 rings (SSSR count). The molecule has 7 nitrogen and oxygen atoms in total. The summed E-state index contributed by atoms with van der Waals surface area (Å²) in [5.41, 5.74) is 0.629. The zero-order valence-electron chi connectivity index (χ0n) is 14.4. The number of hydrogen-bond donors (Lipinski definition) is 1. The van der Waals surface area contributed by atoms with E-state index in [1.165, 1.54) is 12.0 Å². The first-order valence-electron chi connectivity index (χ1n) is 8.44. The van der Waals surface area contributed by atoms with Crippen LogP contribution in [0.1, 0.15) is 26.2 Å². The molecule has 1 saturated carbocycles. The van der Waals surface area contributed by atoms with E-state index in [1.807, 2.05) is 6.07 Å². The van der Waals surface area contributed by atoms with Gasteiger partial charge in [-0.1, -0.05) is 12.1 Å². The van der Waals surface area contributed by atoms with Crippen molar-refractivity contribution >= 4 is 23.5 Å². The van der Waals surface area contributed by atoms with Crippen LogP contribution in [0, 0.1) is 5.92 Å². The summed E-state index contributed by atoms with van der Waals surface area (Å²) in [5, 5.41) is 2.80. The number of rotatable bonds is 6. The number of methoxy groups -OCH3 is 1. The second kappa shape index (κ2) is 7.13. The van der Waals surface area contributed by atoms with E-state index in [9.17, 15) is 14.4 Å². The molecule has 0 bridgehead atoms. The monoisotopic (exact) mass is 346 g/mol. The van der Waals surface area contributed by atoms with Crippen LogP contribution in [0.2, 0.25) is 0 Å². The molecule has 134 valence electrons. The maximum atomic E-state index is 12.3. The molecule has 0 unspecified atom stereocenters. The summed E-state index contributed by atoms with van der Waals surface area (Å²) in [7, 11) is 1.53. The summed E-state index contributed by atoms with van der Waals surface area (Å²) in [5.74, 6) is -0.997. The van der Waals surface area contributed by atoms with Crippen LogP contribution in [0.3, 0.4) is 0 Å². The summed E-state index contributed by atoms with van der Waals surface area (Å²) in [6, 6.07) is 7.37. The number of esters is 1. The fourth-order valence-electron chi connectivity index (χ4n) is 2.82. The van der Waals surface area contributed by atoms with Gasteiger partial charge in [0.25, 0.3) is 5.91 Å². The van der Waals surface area contributed by atoms with E-state index >= 15 is 0 Å². The fraction of sp³-hybridized carbons (Fsp3) is 0.500. The standard InChI is InChI=1S/C18H22N2O5/c1-11(17(22)19-13-7-8-13)25-18(23)12-9-16(21)20(10-12)14-5-3-4-6-15(14)24-2/h3-6,11-13H,7-10H2,1-2H3,(H,19,22)/t11-,12+/m0/s1. The van der Waals surface area contributed by atoms with Gasteiger partial charge in [0, 0.05) is 19.0 Å². The molecular formula is C18H22N2O5. The third-order valence-electron chi connectivity index (χ3n) is 4.42. The van der Waals surface area contributed by atoms with Crippen LogP contribution in [0.4, 0.5) is 5.69 Å². The molecule has 1 aromatic rings. The molecule has 1 heterocycles. The van der Waals surface area contributed by atoms with Crippen molar-refractivity contribution < 1.29 is 23.9 Å². The highest BCUT2D eigenvalue weighted by atomic mass is 16.5. The predicted molar refractivity (Wildman–Crippen MR) is 90.2 cm³/mol. The van der Waals surface area contributed by atoms with Gasteiger partial charge < -0.3 is 19.7 Å². The largest absolute Gasteiger partial charge is 0.495 e. The van der Waals surface area contributed by atoms with Gasteiger partial charge >= 0.3 is 5.97 Å². The van der Waals surface area contributed by atoms with E-state index in [0.717, 1.165) is 12.8 Å². The number of amides is 2. The van der Waals surface area contributed by atoms with Crippen molar-refractivity contribution in [1.82, 2.24) is 5.32 Å². The molecule has 0 radical (unpaired) electrons. The summed E-state index contributed by atoms with van der Waals surface area (Å²) in [4.78, 5) is 38.1. The van der Waals surface area contributed by atoms with Crippen LogP contribution in [0.15, 0.2) is 24.3 Å². The molecule has 0 aromatic heterocycles. The highest BCUT2D eigenvalue weighted by Gasteiger charge is 2.38. The second-order valence-electron chi connectivity index (χ2n) is 6.44. The second-order valence-corrected chi connectivity index (χ2v) is 6.44. The zero-order valence-corrected chi connectivity index (χ0v) is 14.4. The number of nitrogens with zero attached hydrogens (tertiary/aromatic N) is 1. The minimum Gasteiger partial charge on any atom is -0.495 e. The summed E-state index contributed by atoms with van der Waals surface area (Å²) >= 11 is 0. The third kappa shape index (κ3) is 3.92. The Hall–Kier alpha value is -2.57. The molecular weight excluding hydrogens is 324 g/mol. The maximum Gasteiger partial charge on any atom is 0.312 e. The lowest BCUT2D eigenvalue weighted by molar-refractivity contribution is -0.158. The lowest BCUT2D eigenvalue weighted by Crippen LogP contribution is -2.38. The minimum absolute atomic E-state index is 0.0633. The maximum absolute atomic E-state index is 12.3. The Kier molecular flexibility index (Phi) is 4.92. The number of hydrogen-bond acceptors (Lipinski definition) is 5. The number of carbonyl (C=O) groups excluding carboxylic acids is 3. The highest BCUT2D eigenvalue weighted by Crippen LogP contribution is 2.33. The Morgan fingerprint density at radius 3 is 2.68 bits per heavy atom. The molecule has 2 aliphatic rings. The van der Waals surface area contributed by atoms with Gasteiger partial charge in [-0.15, -0.1) is 0 Å². The van der Waals surface area contributed by atoms with E-state index in [4.69, 9.17) is 9.47 Å². The first-order chi connectivity index (χ1) is 12.0. The van der Waals surface area contributed by atoms with Crippen molar-refractivity contribution in [3.8, 4) is 5.75 Å². The zero-order chi connectivity index (χ0) is 18.0. The van der Waals surface area contributed by atoms with E-state index in [-0.39, 0.29) is 30.8 Å². The highest BCUT2D eigenvalue weighted by molar-refractivity contribution is 6.00. The molecule has 1 saturated heterocycles. The van der Waals surface area contributed by atoms with Crippen LogP contribution >= 0.6 is 0 Å². The molecule has 25 heavy (non-hydrogen) atoms. The van der Waals surface area contributed by atoms with Gasteiger partial charge in [0.15, 0.2) is 6.10 Å². The van der Waals surface area contributed by atoms with Crippen LogP contribution < -0.4 is 15.0 Å². The Morgan fingerprint density at radius 2 is 2.00 bits per heavy atom. The first kappa shape index (κ1) is 17.3. The predicted octanol–water partition coefficient (Wildman–Crippen LogP) is 1.26. The van der Waals surface area contributed by atoms with Gasteiger partial charge in [-0.2, -0.15) is 0 Å². The summed E-state index contributed by atoms with van der Waals surface area (Å²) in [6.45, 7) is 1.76. The average molecular weight is 346 g/mol. The Balaban J connectivity index is 1.61. The molecule has 2 atom stereocenters. The van der Waals surface area contributed by atoms with E-state index < -0.39 is 18.0 Å². The normalized spacial score (nSPS) is 21.0. The number of para-hydroxylation sites is 2. The Bertz CT molecular complexity index is 686. The van der Waals surface area contributed by atoms with Crippen molar-refractivity contribution in [3.05, 3.63) is 24.3 Å². The van der Waals surface area contributed by atoms with E-state index in [2.05, 4.69) is 5.32 Å². The molecule has 7 heteroatoms. The SMILES string of the molecule is COc1ccccc1N1C[C@H](C(=O)O[C@@H](C)C(=O)NC2CC2)CC1=O. The molecule has 0 spiro atoms. The molecule has 1 aliphatic heterocycles. The van der Waals surface area contributed by atoms with Crippen molar-refractivity contribution in [3.63, 3.8) is 0 Å². The summed E-state index contributed by atoms with van der Waals surface area (Å²) < 4.78 is 10.5. The van der Waals surface area contributed by atoms with Crippen molar-refractivity contribution in [1.29, 1.82) is 0 Å². The first-order valence-corrected chi connectivity index (χ1v) is 8.44. The quantitative estimate of drug-likeness (QED) is 0.784. The molecule has 2 fully saturated rings. The lowest BCUT2D eigenvalue weighted by atomic mass is 10.1. The number of benzene rings is 1. The van der Waals surface area contributed by atoms with Gasteiger partial charge in [0.1, 0.15) is 5.75 Å². The number of nitrogens with one attached hydrogen (secondary N) is 1. The summed E-state index contributed by atoms with van der Waals surface area (Å²) in [6.07, 6.45) is 1.14. The van der Waals surface area contributed by atoms with Gasteiger partial charge in [-0.25, -0.2) is 0 Å². The Labute approximate surface area is 146 Å². The van der Waals surface area contributed by atoms with Crippen molar-refractivity contribution in [2.75, 3.05) is 18.6 Å². The van der Waals surface area contributed by atoms with Crippen LogP contribution in [-0.2, 0) is 19.1 Å². The van der Waals surface area contributed by atoms with Gasteiger partial charge in [-0.05, 0) is 31.9 Å². The van der Waals surface area contributed by atoms with Crippen LogP contribution in [-0.4, -0.2) is 43.6 Å². The molecule has 1 aromatic carbocycles. The van der Waals surface area contributed by atoms with E-state index in [1.54, 1.807) is 25.1 Å². The van der Waals surface area contributed by atoms with Gasteiger partial charge in [0.05, 0.1) is 18.7 Å². The number of ether oxygens (including phenoxy) is 2. The van der Waals surface area contributed by atoms with Gasteiger partial charge in [-0.3, -0.25) is 14.4 Å². The van der Waals surface area contributed by atoms with Crippen LogP contribution in [0.5, 0.6) is 5.75 Å². The molecule has 1 aliphatic carbocycles. The number of carbonyl (C=O) groups is 3. The van der Waals surface area contributed by atoms with Gasteiger partial charge in [0.2, 0.25) is 5.91 Å². The third-order valence-corrected chi connectivity index (χ3v) is 4.42. The topological polar surface area (TPSA) is 84.9 Å². The average Bonchev–Trinajstić information content (AvgIpc) is 3.33. The fourth-order valence-corrected chi connectivity index (χ4v) is 2.82. The Morgan fingerprint density at radius 1 is 1.28 bits per heavy atom. The molecule has 2 amide bonds. The molecule has 1 N–H and O–H groups in total. The van der Waals surface area contributed by atoms with Crippen molar-refractivity contribution in [2.24, 2.45) is 5.92 Å². The number of anilines is 1. The minimum atomic E-state index is -0.858. The van der Waals surface area contributed by atoms with E-state index in [0.29, 0.717) is 11.4 Å².